The summed E-state index contributed by atoms with van der Waals surface area (Å²) in [7, 11) is 0. The average Bonchev–Trinajstić information content (AvgIpc) is 2.24. The Kier molecular flexibility index (Phi) is 3.81. The molecule has 3 heteroatoms. The van der Waals surface area contributed by atoms with Gasteiger partial charge in [0.05, 0.1) is 13.2 Å². The molecule has 3 nitrogen and oxygen atoms in total. The first-order chi connectivity index (χ1) is 8.01. The summed E-state index contributed by atoms with van der Waals surface area (Å²) in [5, 5.41) is 0. The van der Waals surface area contributed by atoms with E-state index in [1.165, 1.54) is 19.5 Å². The third-order valence-corrected chi connectivity index (χ3v) is 5.33. The second-order valence-electron chi connectivity index (χ2n) is 6.29. The molecular formula is C14H28N2O. The van der Waals surface area contributed by atoms with Gasteiger partial charge in [-0.15, -0.1) is 0 Å². The lowest BCUT2D eigenvalue weighted by Gasteiger charge is -2.57. The van der Waals surface area contributed by atoms with Crippen LogP contribution in [0.15, 0.2) is 0 Å². The number of nitrogens with zero attached hydrogens (tertiary/aromatic N) is 1. The van der Waals surface area contributed by atoms with E-state index in [4.69, 9.17) is 10.5 Å². The second-order valence-corrected chi connectivity index (χ2v) is 6.29. The molecule has 0 aromatic carbocycles. The first-order valence-electron chi connectivity index (χ1n) is 7.08. The van der Waals surface area contributed by atoms with E-state index in [9.17, 15) is 0 Å². The zero-order chi connectivity index (χ0) is 12.6. The molecule has 2 aliphatic heterocycles. The topological polar surface area (TPSA) is 38.5 Å². The number of hydrogen-bond acceptors (Lipinski definition) is 3. The maximum atomic E-state index is 6.05. The molecule has 0 aromatic rings. The smallest absolute Gasteiger partial charge is 0.0551 e. The fourth-order valence-electron chi connectivity index (χ4n) is 3.53. The highest BCUT2D eigenvalue weighted by molar-refractivity contribution is 5.01. The van der Waals surface area contributed by atoms with Crippen molar-refractivity contribution in [2.75, 3.05) is 26.3 Å². The van der Waals surface area contributed by atoms with Crippen molar-refractivity contribution in [3.05, 3.63) is 0 Å². The van der Waals surface area contributed by atoms with Gasteiger partial charge in [0.25, 0.3) is 0 Å². The number of piperidine rings is 1. The molecule has 0 radical (unpaired) electrons. The van der Waals surface area contributed by atoms with Crippen LogP contribution >= 0.6 is 0 Å². The monoisotopic (exact) mass is 240 g/mol. The van der Waals surface area contributed by atoms with Crippen molar-refractivity contribution in [2.45, 2.75) is 46.2 Å². The number of hydrogen-bond donors (Lipinski definition) is 1. The van der Waals surface area contributed by atoms with Crippen molar-refractivity contribution in [1.82, 2.24) is 4.90 Å². The van der Waals surface area contributed by atoms with Crippen LogP contribution in [0.5, 0.6) is 0 Å². The second kappa shape index (κ2) is 4.87. The van der Waals surface area contributed by atoms with E-state index in [1.54, 1.807) is 0 Å². The molecule has 17 heavy (non-hydrogen) atoms. The van der Waals surface area contributed by atoms with E-state index in [0.717, 1.165) is 25.0 Å². The van der Waals surface area contributed by atoms with Gasteiger partial charge in [0.15, 0.2) is 0 Å². The molecular weight excluding hydrogens is 212 g/mol. The van der Waals surface area contributed by atoms with E-state index in [0.29, 0.717) is 11.5 Å². The molecule has 0 saturated carbocycles. The minimum Gasteiger partial charge on any atom is -0.380 e. The lowest BCUT2D eigenvalue weighted by molar-refractivity contribution is -0.203. The van der Waals surface area contributed by atoms with Crippen LogP contribution in [-0.4, -0.2) is 43.3 Å². The highest BCUT2D eigenvalue weighted by atomic mass is 16.5. The van der Waals surface area contributed by atoms with Crippen LogP contribution in [0.1, 0.15) is 34.1 Å². The molecule has 2 aliphatic rings. The Bertz CT molecular complexity index is 263. The summed E-state index contributed by atoms with van der Waals surface area (Å²) in [4.78, 5) is 2.59. The fourth-order valence-corrected chi connectivity index (χ4v) is 3.53. The summed E-state index contributed by atoms with van der Waals surface area (Å²) in [6.45, 7) is 13.4. The van der Waals surface area contributed by atoms with Gasteiger partial charge in [-0.05, 0) is 25.7 Å². The van der Waals surface area contributed by atoms with Gasteiger partial charge in [0.2, 0.25) is 0 Å². The molecule has 1 spiro atoms. The summed E-state index contributed by atoms with van der Waals surface area (Å²) < 4.78 is 5.52. The summed E-state index contributed by atoms with van der Waals surface area (Å²) in [5.41, 5.74) is 6.52. The Balaban J connectivity index is 2.08. The summed E-state index contributed by atoms with van der Waals surface area (Å²) in [5.74, 6) is 1.51. The van der Waals surface area contributed by atoms with Crippen LogP contribution < -0.4 is 5.73 Å². The van der Waals surface area contributed by atoms with Crippen LogP contribution in [0.4, 0.5) is 0 Å². The SMILES string of the molecule is CCC1CN(C(C)C(C)N)CC(C)C12COC2. The highest BCUT2D eigenvalue weighted by Gasteiger charge is 2.52. The Morgan fingerprint density at radius 2 is 2.00 bits per heavy atom. The standard InChI is InChI=1S/C14H28N2O/c1-5-13-7-16(12(4)11(3)15)6-10(2)14(13)8-17-9-14/h10-13H,5-9,15H2,1-4H3. The Hall–Kier alpha value is -0.120. The Morgan fingerprint density at radius 3 is 2.41 bits per heavy atom. The van der Waals surface area contributed by atoms with Gasteiger partial charge in [-0.25, -0.2) is 0 Å². The van der Waals surface area contributed by atoms with Gasteiger partial charge in [-0.1, -0.05) is 20.3 Å². The molecule has 2 saturated heterocycles. The highest BCUT2D eigenvalue weighted by Crippen LogP contribution is 2.48. The largest absolute Gasteiger partial charge is 0.380 e. The molecule has 2 N–H and O–H groups in total. The van der Waals surface area contributed by atoms with Gasteiger partial charge in [0, 0.05) is 30.6 Å². The van der Waals surface area contributed by atoms with Gasteiger partial charge < -0.3 is 10.5 Å². The zero-order valence-corrected chi connectivity index (χ0v) is 11.8. The van der Waals surface area contributed by atoms with Crippen LogP contribution in [0.2, 0.25) is 0 Å². The Labute approximate surface area is 106 Å². The molecule has 100 valence electrons. The van der Waals surface area contributed by atoms with Gasteiger partial charge in [-0.2, -0.15) is 0 Å². The van der Waals surface area contributed by atoms with E-state index in [-0.39, 0.29) is 6.04 Å². The Morgan fingerprint density at radius 1 is 1.35 bits per heavy atom. The van der Waals surface area contributed by atoms with Crippen molar-refractivity contribution in [3.8, 4) is 0 Å². The third-order valence-electron chi connectivity index (χ3n) is 5.33. The van der Waals surface area contributed by atoms with Crippen LogP contribution in [0.3, 0.4) is 0 Å². The van der Waals surface area contributed by atoms with Crippen molar-refractivity contribution in [3.63, 3.8) is 0 Å². The van der Waals surface area contributed by atoms with Crippen molar-refractivity contribution in [2.24, 2.45) is 23.0 Å². The summed E-state index contributed by atoms with van der Waals surface area (Å²) >= 11 is 0. The van der Waals surface area contributed by atoms with E-state index in [1.807, 2.05) is 0 Å². The quantitative estimate of drug-likeness (QED) is 0.816. The van der Waals surface area contributed by atoms with Crippen LogP contribution in [-0.2, 0) is 4.74 Å². The van der Waals surface area contributed by atoms with Crippen molar-refractivity contribution >= 4 is 0 Å². The van der Waals surface area contributed by atoms with Crippen molar-refractivity contribution in [1.29, 1.82) is 0 Å². The van der Waals surface area contributed by atoms with E-state index < -0.39 is 0 Å². The molecule has 0 aromatic heterocycles. The molecule has 4 unspecified atom stereocenters. The van der Waals surface area contributed by atoms with Crippen LogP contribution in [0, 0.1) is 17.3 Å². The van der Waals surface area contributed by atoms with E-state index in [2.05, 4.69) is 32.6 Å². The third kappa shape index (κ3) is 2.13. The predicted octanol–water partition coefficient (Wildman–Crippen LogP) is 1.72. The predicted molar refractivity (Wildman–Crippen MR) is 70.9 cm³/mol. The number of likely N-dealkylation sites (tertiary alicyclic amines) is 1. The van der Waals surface area contributed by atoms with Gasteiger partial charge in [0.1, 0.15) is 0 Å². The first-order valence-corrected chi connectivity index (χ1v) is 7.08. The van der Waals surface area contributed by atoms with Gasteiger partial charge in [-0.3, -0.25) is 4.90 Å². The van der Waals surface area contributed by atoms with Gasteiger partial charge >= 0.3 is 0 Å². The molecule has 2 fully saturated rings. The zero-order valence-electron chi connectivity index (χ0n) is 11.8. The molecule has 0 aliphatic carbocycles. The molecule has 0 bridgehead atoms. The number of nitrogens with two attached hydrogens (primary N) is 1. The number of rotatable bonds is 3. The van der Waals surface area contributed by atoms with Crippen molar-refractivity contribution < 1.29 is 4.74 Å². The molecule has 0 amide bonds. The van der Waals surface area contributed by atoms with Crippen LogP contribution in [0.25, 0.3) is 0 Å². The maximum absolute atomic E-state index is 6.05. The fraction of sp³-hybridized carbons (Fsp3) is 1.00. The normalized spacial score (nSPS) is 36.5. The average molecular weight is 240 g/mol. The lowest BCUT2D eigenvalue weighted by Crippen LogP contribution is -2.63. The maximum Gasteiger partial charge on any atom is 0.0551 e. The lowest BCUT2D eigenvalue weighted by atomic mass is 9.62. The summed E-state index contributed by atoms with van der Waals surface area (Å²) in [6, 6.07) is 0.747. The first kappa shape index (κ1) is 13.3. The molecule has 2 rings (SSSR count). The summed E-state index contributed by atoms with van der Waals surface area (Å²) in [6.07, 6.45) is 1.26. The molecule has 4 atom stereocenters. The van der Waals surface area contributed by atoms with E-state index >= 15 is 0 Å². The molecule has 2 heterocycles. The number of ether oxygens (including phenoxy) is 1. The minimum atomic E-state index is 0.256. The minimum absolute atomic E-state index is 0.256.